The minimum atomic E-state index is 0.0440. The SMILES string of the molecule is N#CCC(=O)N(C1CC1)[C@H]1CCSC1. The minimum Gasteiger partial charge on any atom is -0.335 e. The van der Waals surface area contributed by atoms with Gasteiger partial charge in [-0.05, 0) is 25.0 Å². The van der Waals surface area contributed by atoms with Crippen LogP contribution in [0.3, 0.4) is 0 Å². The Kier molecular flexibility index (Phi) is 2.97. The Bertz CT molecular complexity index is 264. The molecule has 1 saturated heterocycles. The third-order valence-electron chi connectivity index (χ3n) is 2.76. The molecule has 1 saturated carbocycles. The number of carbonyl (C=O) groups excluding carboxylic acids is 1. The molecule has 4 heteroatoms. The summed E-state index contributed by atoms with van der Waals surface area (Å²) in [5.41, 5.74) is 0. The van der Waals surface area contributed by atoms with Crippen LogP contribution in [0.15, 0.2) is 0 Å². The zero-order valence-corrected chi connectivity index (χ0v) is 8.92. The average molecular weight is 210 g/mol. The lowest BCUT2D eigenvalue weighted by molar-refractivity contribution is -0.132. The zero-order chi connectivity index (χ0) is 9.97. The number of carbonyl (C=O) groups is 1. The van der Waals surface area contributed by atoms with E-state index >= 15 is 0 Å². The molecule has 0 unspecified atom stereocenters. The van der Waals surface area contributed by atoms with Gasteiger partial charge < -0.3 is 4.90 Å². The Labute approximate surface area is 88.4 Å². The van der Waals surface area contributed by atoms with E-state index < -0.39 is 0 Å². The first-order valence-corrected chi connectivity index (χ1v) is 6.24. The number of rotatable bonds is 3. The van der Waals surface area contributed by atoms with Gasteiger partial charge in [-0.15, -0.1) is 0 Å². The van der Waals surface area contributed by atoms with Crippen LogP contribution in [0.2, 0.25) is 0 Å². The Balaban J connectivity index is 1.99. The summed E-state index contributed by atoms with van der Waals surface area (Å²) in [5.74, 6) is 2.27. The Hall–Kier alpha value is -0.690. The monoisotopic (exact) mass is 210 g/mol. The van der Waals surface area contributed by atoms with Crippen molar-refractivity contribution < 1.29 is 4.79 Å². The molecule has 0 aromatic rings. The van der Waals surface area contributed by atoms with E-state index in [9.17, 15) is 4.79 Å². The van der Waals surface area contributed by atoms with E-state index in [2.05, 4.69) is 0 Å². The summed E-state index contributed by atoms with van der Waals surface area (Å²) in [7, 11) is 0. The predicted octanol–water partition coefficient (Wildman–Crippen LogP) is 1.40. The summed E-state index contributed by atoms with van der Waals surface area (Å²) < 4.78 is 0. The van der Waals surface area contributed by atoms with Crippen LogP contribution < -0.4 is 0 Å². The van der Waals surface area contributed by atoms with Crippen LogP contribution in [-0.4, -0.2) is 34.4 Å². The fourth-order valence-electron chi connectivity index (χ4n) is 1.96. The van der Waals surface area contributed by atoms with Crippen LogP contribution in [0, 0.1) is 11.3 Å². The number of nitriles is 1. The molecule has 3 nitrogen and oxygen atoms in total. The van der Waals surface area contributed by atoms with Crippen LogP contribution in [0.25, 0.3) is 0 Å². The quantitative estimate of drug-likeness (QED) is 0.707. The van der Waals surface area contributed by atoms with E-state index in [1.54, 1.807) is 0 Å². The molecule has 14 heavy (non-hydrogen) atoms. The van der Waals surface area contributed by atoms with Gasteiger partial charge in [0.25, 0.3) is 0 Å². The van der Waals surface area contributed by atoms with Crippen molar-refractivity contribution in [2.45, 2.75) is 37.8 Å². The van der Waals surface area contributed by atoms with Gasteiger partial charge in [0, 0.05) is 17.8 Å². The molecule has 1 aliphatic carbocycles. The molecule has 0 spiro atoms. The summed E-state index contributed by atoms with van der Waals surface area (Å²) >= 11 is 1.91. The maximum Gasteiger partial charge on any atom is 0.237 e. The number of hydrogen-bond donors (Lipinski definition) is 0. The summed E-state index contributed by atoms with van der Waals surface area (Å²) in [6.45, 7) is 0. The van der Waals surface area contributed by atoms with Crippen LogP contribution >= 0.6 is 11.8 Å². The number of hydrogen-bond acceptors (Lipinski definition) is 3. The van der Waals surface area contributed by atoms with E-state index in [-0.39, 0.29) is 12.3 Å². The van der Waals surface area contributed by atoms with Crippen molar-refractivity contribution in [1.29, 1.82) is 5.26 Å². The van der Waals surface area contributed by atoms with Crippen molar-refractivity contribution in [2.75, 3.05) is 11.5 Å². The normalized spacial score (nSPS) is 25.8. The highest BCUT2D eigenvalue weighted by atomic mass is 32.2. The van der Waals surface area contributed by atoms with Gasteiger partial charge in [-0.1, -0.05) is 0 Å². The lowest BCUT2D eigenvalue weighted by Gasteiger charge is -2.27. The Morgan fingerprint density at radius 2 is 2.21 bits per heavy atom. The molecule has 76 valence electrons. The van der Waals surface area contributed by atoms with Crippen LogP contribution in [-0.2, 0) is 4.79 Å². The molecule has 1 amide bonds. The van der Waals surface area contributed by atoms with Crippen LogP contribution in [0.4, 0.5) is 0 Å². The van der Waals surface area contributed by atoms with Gasteiger partial charge in [0.2, 0.25) is 5.91 Å². The number of thioether (sulfide) groups is 1. The highest BCUT2D eigenvalue weighted by molar-refractivity contribution is 7.99. The second kappa shape index (κ2) is 4.22. The average Bonchev–Trinajstić information content (AvgIpc) is 2.82. The molecule has 1 atom stereocenters. The molecule has 0 aromatic heterocycles. The second-order valence-electron chi connectivity index (χ2n) is 3.88. The molecular weight excluding hydrogens is 196 g/mol. The smallest absolute Gasteiger partial charge is 0.237 e. The van der Waals surface area contributed by atoms with Crippen molar-refractivity contribution in [1.82, 2.24) is 4.90 Å². The number of nitrogens with zero attached hydrogens (tertiary/aromatic N) is 2. The lowest BCUT2D eigenvalue weighted by atomic mass is 10.2. The number of amides is 1. The minimum absolute atomic E-state index is 0.0440. The summed E-state index contributed by atoms with van der Waals surface area (Å²) in [6.07, 6.45) is 3.44. The van der Waals surface area contributed by atoms with Crippen molar-refractivity contribution in [3.63, 3.8) is 0 Å². The van der Waals surface area contributed by atoms with Gasteiger partial charge in [0.05, 0.1) is 6.07 Å². The zero-order valence-electron chi connectivity index (χ0n) is 8.11. The molecule has 0 aromatic carbocycles. The first-order valence-electron chi connectivity index (χ1n) is 5.09. The van der Waals surface area contributed by atoms with Crippen molar-refractivity contribution in [3.8, 4) is 6.07 Å². The van der Waals surface area contributed by atoms with Gasteiger partial charge in [-0.25, -0.2) is 0 Å². The first-order chi connectivity index (χ1) is 6.83. The maximum absolute atomic E-state index is 11.7. The van der Waals surface area contributed by atoms with Gasteiger partial charge >= 0.3 is 0 Å². The summed E-state index contributed by atoms with van der Waals surface area (Å²) in [4.78, 5) is 13.7. The molecule has 2 aliphatic rings. The predicted molar refractivity (Wildman–Crippen MR) is 55.8 cm³/mol. The fraction of sp³-hybridized carbons (Fsp3) is 0.800. The second-order valence-corrected chi connectivity index (χ2v) is 5.03. The van der Waals surface area contributed by atoms with E-state index in [4.69, 9.17) is 5.26 Å². The van der Waals surface area contributed by atoms with Crippen LogP contribution in [0.1, 0.15) is 25.7 Å². The molecule has 1 heterocycles. The molecule has 0 bridgehead atoms. The Morgan fingerprint density at radius 3 is 2.71 bits per heavy atom. The van der Waals surface area contributed by atoms with Crippen molar-refractivity contribution in [3.05, 3.63) is 0 Å². The third-order valence-corrected chi connectivity index (χ3v) is 3.90. The van der Waals surface area contributed by atoms with Crippen LogP contribution in [0.5, 0.6) is 0 Å². The highest BCUT2D eigenvalue weighted by Gasteiger charge is 2.38. The largest absolute Gasteiger partial charge is 0.335 e. The molecule has 0 N–H and O–H groups in total. The van der Waals surface area contributed by atoms with Gasteiger partial charge in [-0.2, -0.15) is 17.0 Å². The van der Waals surface area contributed by atoms with Gasteiger partial charge in [0.1, 0.15) is 6.42 Å². The van der Waals surface area contributed by atoms with Gasteiger partial charge in [-0.3, -0.25) is 4.79 Å². The van der Waals surface area contributed by atoms with E-state index in [0.717, 1.165) is 30.8 Å². The highest BCUT2D eigenvalue weighted by Crippen LogP contribution is 2.33. The lowest BCUT2D eigenvalue weighted by Crippen LogP contribution is -2.41. The maximum atomic E-state index is 11.7. The molecule has 2 fully saturated rings. The molecule has 0 radical (unpaired) electrons. The molecular formula is C10H14N2OS. The topological polar surface area (TPSA) is 44.1 Å². The third kappa shape index (κ3) is 2.03. The van der Waals surface area contributed by atoms with E-state index in [1.807, 2.05) is 22.7 Å². The van der Waals surface area contributed by atoms with E-state index in [0.29, 0.717) is 12.1 Å². The Morgan fingerprint density at radius 1 is 1.43 bits per heavy atom. The first kappa shape index (κ1) is 9.85. The van der Waals surface area contributed by atoms with E-state index in [1.165, 1.54) is 0 Å². The molecule has 1 aliphatic heterocycles. The molecule has 2 rings (SSSR count). The summed E-state index contributed by atoms with van der Waals surface area (Å²) in [5, 5.41) is 8.53. The fourth-order valence-corrected chi connectivity index (χ4v) is 3.16. The van der Waals surface area contributed by atoms with Gasteiger partial charge in [0.15, 0.2) is 0 Å². The summed E-state index contributed by atoms with van der Waals surface area (Å²) in [6, 6.07) is 2.82. The standard InChI is InChI=1S/C10H14N2OS/c11-5-3-10(13)12(8-1-2-8)9-4-6-14-7-9/h8-9H,1-4,6-7H2/t9-/m0/s1. The van der Waals surface area contributed by atoms with Crippen molar-refractivity contribution >= 4 is 17.7 Å². The van der Waals surface area contributed by atoms with Crippen molar-refractivity contribution in [2.24, 2.45) is 0 Å².